The largest absolute Gasteiger partial charge is 0.481 e. The SMILES string of the molecule is Cc1nc2ccc(C(=O)NC(C)(C)CNCC[C@@]34CC[C@]5(C)[C@H](CC[C@@]6(C)[C@@]5(C)CC[C@H]5C(C)(C)[C@@H](OC(=O)[C@H]7C[C@@H](C(=O)O)C7(C)C)CC[C@@]56C)C3=C(C(C)C)C(=O)C4)cc2[nH]1. The molecule has 346 valence electrons. The molecular weight excluding hydrogens is 789 g/mol. The molecule has 2 aromatic rings. The van der Waals surface area contributed by atoms with Gasteiger partial charge in [0.25, 0.3) is 5.91 Å². The smallest absolute Gasteiger partial charge is 0.309 e. The minimum atomic E-state index is -0.827. The Morgan fingerprint density at radius 2 is 1.59 bits per heavy atom. The summed E-state index contributed by atoms with van der Waals surface area (Å²) >= 11 is 0. The second-order valence-electron chi connectivity index (χ2n) is 24.6. The van der Waals surface area contributed by atoms with E-state index in [0.717, 1.165) is 86.8 Å². The number of nitrogens with one attached hydrogen (secondary N) is 3. The Morgan fingerprint density at radius 3 is 2.25 bits per heavy atom. The third kappa shape index (κ3) is 6.73. The lowest BCUT2D eigenvalue weighted by Gasteiger charge is -2.76. The number of carbonyl (C=O) groups excluding carboxylic acids is 3. The molecule has 4 N–H and O–H groups in total. The molecule has 0 unspecified atom stereocenters. The molecule has 10 atom stereocenters. The van der Waals surface area contributed by atoms with Crippen LogP contribution in [0.3, 0.4) is 0 Å². The van der Waals surface area contributed by atoms with Gasteiger partial charge in [-0.1, -0.05) is 74.8 Å². The quantitative estimate of drug-likeness (QED) is 0.129. The number of aromatic amines is 1. The number of fused-ring (bicyclic) bond motifs is 8. The lowest BCUT2D eigenvalue weighted by atomic mass is 9.28. The van der Waals surface area contributed by atoms with Gasteiger partial charge in [-0.25, -0.2) is 4.98 Å². The van der Waals surface area contributed by atoms with E-state index >= 15 is 0 Å². The number of aryl methyl sites for hydroxylation is 1. The van der Waals surface area contributed by atoms with Gasteiger partial charge in [0.15, 0.2) is 5.78 Å². The van der Waals surface area contributed by atoms with Gasteiger partial charge in [0, 0.05) is 34.9 Å². The lowest BCUT2D eigenvalue weighted by Crippen LogP contribution is -2.70. The molecule has 0 saturated heterocycles. The normalized spacial score (nSPS) is 38.0. The number of carbonyl (C=O) groups is 4. The summed E-state index contributed by atoms with van der Waals surface area (Å²) in [5, 5.41) is 16.7. The molecule has 1 heterocycles. The molecule has 0 bridgehead atoms. The molecule has 6 aliphatic carbocycles. The molecule has 10 nitrogen and oxygen atoms in total. The first-order valence-corrected chi connectivity index (χ1v) is 24.4. The van der Waals surface area contributed by atoms with E-state index < -0.39 is 22.8 Å². The molecule has 0 radical (unpaired) electrons. The molecule has 0 spiro atoms. The predicted molar refractivity (Wildman–Crippen MR) is 247 cm³/mol. The number of rotatable bonds is 11. The fourth-order valence-corrected chi connectivity index (χ4v) is 16.0. The minimum Gasteiger partial charge on any atom is -0.481 e. The van der Waals surface area contributed by atoms with Crippen molar-refractivity contribution in [2.24, 2.45) is 67.5 Å². The summed E-state index contributed by atoms with van der Waals surface area (Å²) in [5.41, 5.74) is 3.60. The fourth-order valence-electron chi connectivity index (χ4n) is 16.0. The van der Waals surface area contributed by atoms with Crippen LogP contribution in [-0.4, -0.2) is 63.4 Å². The number of aromatic nitrogens is 2. The number of H-pyrrole nitrogens is 1. The Balaban J connectivity index is 0.981. The van der Waals surface area contributed by atoms with Crippen LogP contribution >= 0.6 is 0 Å². The van der Waals surface area contributed by atoms with Crippen molar-refractivity contribution < 1.29 is 29.0 Å². The van der Waals surface area contributed by atoms with Crippen molar-refractivity contribution in [3.8, 4) is 0 Å². The standard InChI is InChI=1S/C53H78N4O6/c1-30(2)41-38(58)28-53(24-25-54-29-46(4,5)57-43(59)32-14-15-36-37(26-32)56-31(3)55-36)23-22-49(10)33(42(41)53)16-20-52(13)50(11)19-18-40(48(8,9)39(50)17-21-51(49,52)12)63-45(62)35-27-34(44(60)61)47(35,6)7/h14-15,26,30,33-35,39-40,54H,16-25,27-29H2,1-13H3,(H,55,56)(H,57,59)(H,60,61)/t33-,34+,35-,39+,40+,49-,50+,51+,52-,53-/m1/s1. The second kappa shape index (κ2) is 15.0. The minimum absolute atomic E-state index is 0.0269. The summed E-state index contributed by atoms with van der Waals surface area (Å²) < 4.78 is 6.48. The monoisotopic (exact) mass is 867 g/mol. The zero-order chi connectivity index (χ0) is 46.1. The molecule has 5 saturated carbocycles. The summed E-state index contributed by atoms with van der Waals surface area (Å²) in [6.45, 7) is 30.8. The Hall–Kier alpha value is -3.53. The number of hydrogen-bond acceptors (Lipinski definition) is 7. The molecule has 63 heavy (non-hydrogen) atoms. The van der Waals surface area contributed by atoms with Crippen LogP contribution in [0.4, 0.5) is 0 Å². The maximum Gasteiger partial charge on any atom is 0.309 e. The van der Waals surface area contributed by atoms with Crippen LogP contribution in [-0.2, 0) is 19.1 Å². The van der Waals surface area contributed by atoms with E-state index in [1.165, 1.54) is 5.57 Å². The number of carboxylic acid groups (broad SMARTS) is 1. The van der Waals surface area contributed by atoms with Gasteiger partial charge in [0.2, 0.25) is 0 Å². The van der Waals surface area contributed by atoms with Gasteiger partial charge in [0.1, 0.15) is 11.9 Å². The maximum absolute atomic E-state index is 14.3. The second-order valence-corrected chi connectivity index (χ2v) is 24.6. The number of benzene rings is 1. The Labute approximate surface area is 376 Å². The predicted octanol–water partition coefficient (Wildman–Crippen LogP) is 10.4. The van der Waals surface area contributed by atoms with E-state index in [9.17, 15) is 24.3 Å². The van der Waals surface area contributed by atoms with Crippen LogP contribution < -0.4 is 10.6 Å². The van der Waals surface area contributed by atoms with Gasteiger partial charge in [-0.2, -0.15) is 0 Å². The molecule has 1 amide bonds. The van der Waals surface area contributed by atoms with Crippen molar-refractivity contribution in [2.45, 2.75) is 172 Å². The van der Waals surface area contributed by atoms with Crippen molar-refractivity contribution >= 4 is 34.7 Å². The molecule has 1 aromatic carbocycles. The highest BCUT2D eigenvalue weighted by Gasteiger charge is 2.74. The number of ketones is 1. The lowest BCUT2D eigenvalue weighted by molar-refractivity contribution is -0.278. The third-order valence-electron chi connectivity index (χ3n) is 20.3. The van der Waals surface area contributed by atoms with Gasteiger partial charge in [-0.3, -0.25) is 19.2 Å². The van der Waals surface area contributed by atoms with Crippen LogP contribution in [0.25, 0.3) is 11.0 Å². The fraction of sp³-hybridized carbons (Fsp3) is 0.755. The highest BCUT2D eigenvalue weighted by Crippen LogP contribution is 2.81. The molecular formula is C53H78N4O6. The van der Waals surface area contributed by atoms with E-state index in [1.54, 1.807) is 0 Å². The average molecular weight is 867 g/mol. The molecule has 5 fully saturated rings. The number of Topliss-reactive ketones (excluding diaryl/α,β-unsaturated/α-hetero) is 1. The number of ether oxygens (including phenoxy) is 1. The number of nitrogens with zero attached hydrogens (tertiary/aromatic N) is 1. The Kier molecular flexibility index (Phi) is 11.0. The van der Waals surface area contributed by atoms with E-state index in [1.807, 2.05) is 39.0 Å². The van der Waals surface area contributed by atoms with Gasteiger partial charge < -0.3 is 25.5 Å². The highest BCUT2D eigenvalue weighted by atomic mass is 16.5. The number of imidazole rings is 1. The first kappa shape index (κ1) is 46.0. The molecule has 10 heteroatoms. The summed E-state index contributed by atoms with van der Waals surface area (Å²) in [6, 6.07) is 5.58. The number of aliphatic carboxylic acids is 1. The topological polar surface area (TPSA) is 150 Å². The average Bonchev–Trinajstić information content (AvgIpc) is 3.70. The number of carboxylic acids is 1. The van der Waals surface area contributed by atoms with Crippen molar-refractivity contribution in [1.82, 2.24) is 20.6 Å². The maximum atomic E-state index is 14.3. The third-order valence-corrected chi connectivity index (χ3v) is 20.3. The van der Waals surface area contributed by atoms with E-state index in [4.69, 9.17) is 4.74 Å². The first-order valence-electron chi connectivity index (χ1n) is 24.4. The molecule has 6 aliphatic rings. The molecule has 8 rings (SSSR count). The van der Waals surface area contributed by atoms with E-state index in [0.29, 0.717) is 42.6 Å². The van der Waals surface area contributed by atoms with Crippen LogP contribution in [0.1, 0.15) is 170 Å². The van der Waals surface area contributed by atoms with Crippen LogP contribution in [0, 0.1) is 74.4 Å². The summed E-state index contributed by atoms with van der Waals surface area (Å²) in [4.78, 5) is 61.0. The first-order chi connectivity index (χ1) is 29.2. The van der Waals surface area contributed by atoms with Crippen molar-refractivity contribution in [2.75, 3.05) is 13.1 Å². The number of amides is 1. The van der Waals surface area contributed by atoms with Gasteiger partial charge in [-0.05, 0) is 160 Å². The van der Waals surface area contributed by atoms with E-state index in [2.05, 4.69) is 89.8 Å². The van der Waals surface area contributed by atoms with Gasteiger partial charge in [0.05, 0.1) is 22.9 Å². The number of hydrogen-bond donors (Lipinski definition) is 4. The Morgan fingerprint density at radius 1 is 0.905 bits per heavy atom. The van der Waals surface area contributed by atoms with Gasteiger partial charge in [-0.15, -0.1) is 0 Å². The van der Waals surface area contributed by atoms with Crippen molar-refractivity contribution in [1.29, 1.82) is 0 Å². The number of allylic oxidation sites excluding steroid dienone is 2. The Bertz CT molecular complexity index is 2250. The molecule has 0 aliphatic heterocycles. The highest BCUT2D eigenvalue weighted by molar-refractivity contribution is 6.01. The summed E-state index contributed by atoms with van der Waals surface area (Å²) in [5.74, 6) is 0.0331. The van der Waals surface area contributed by atoms with Crippen LogP contribution in [0.5, 0.6) is 0 Å². The zero-order valence-corrected chi connectivity index (χ0v) is 40.8. The summed E-state index contributed by atoms with van der Waals surface area (Å²) in [6.07, 6.45) is 10.0. The van der Waals surface area contributed by atoms with Crippen LogP contribution in [0.2, 0.25) is 0 Å². The molecule has 1 aromatic heterocycles. The van der Waals surface area contributed by atoms with Gasteiger partial charge >= 0.3 is 11.9 Å². The van der Waals surface area contributed by atoms with Crippen molar-refractivity contribution in [3.63, 3.8) is 0 Å². The zero-order valence-electron chi connectivity index (χ0n) is 40.8. The summed E-state index contributed by atoms with van der Waals surface area (Å²) in [7, 11) is 0. The van der Waals surface area contributed by atoms with Crippen molar-refractivity contribution in [3.05, 3.63) is 40.7 Å². The van der Waals surface area contributed by atoms with E-state index in [-0.39, 0.29) is 62.3 Å². The number of esters is 1. The van der Waals surface area contributed by atoms with Crippen LogP contribution in [0.15, 0.2) is 29.3 Å².